The molecular formula is C25H24ClN3O4. The van der Waals surface area contributed by atoms with Gasteiger partial charge in [-0.25, -0.2) is 4.98 Å². The molecule has 7 nitrogen and oxygen atoms in total. The summed E-state index contributed by atoms with van der Waals surface area (Å²) in [4.78, 5) is 30.8. The second-order valence-electron chi connectivity index (χ2n) is 7.64. The number of hydrogen-bond acceptors (Lipinski definition) is 5. The first-order valence-electron chi connectivity index (χ1n) is 10.6. The average molecular weight is 466 g/mol. The summed E-state index contributed by atoms with van der Waals surface area (Å²) < 4.78 is 10.8. The number of carbonyl (C=O) groups is 2. The average Bonchev–Trinajstić information content (AvgIpc) is 2.84. The third-order valence-corrected chi connectivity index (χ3v) is 5.61. The Kier molecular flexibility index (Phi) is 6.79. The van der Waals surface area contributed by atoms with E-state index in [0.29, 0.717) is 23.1 Å². The molecule has 1 aliphatic heterocycles. The molecule has 0 atom stereocenters. The van der Waals surface area contributed by atoms with Crippen LogP contribution in [0.2, 0.25) is 5.02 Å². The Labute approximate surface area is 197 Å². The van der Waals surface area contributed by atoms with Crippen molar-refractivity contribution in [1.29, 1.82) is 0 Å². The number of methoxy groups -OCH3 is 1. The first-order chi connectivity index (χ1) is 16.0. The molecule has 170 valence electrons. The van der Waals surface area contributed by atoms with Gasteiger partial charge in [0.2, 0.25) is 5.91 Å². The monoisotopic (exact) mass is 465 g/mol. The Morgan fingerprint density at radius 2 is 1.94 bits per heavy atom. The molecule has 0 radical (unpaired) electrons. The van der Waals surface area contributed by atoms with Crippen LogP contribution in [0.25, 0.3) is 11.1 Å². The van der Waals surface area contributed by atoms with Crippen LogP contribution < -0.4 is 19.7 Å². The third kappa shape index (κ3) is 5.26. The van der Waals surface area contributed by atoms with Gasteiger partial charge in [-0.05, 0) is 53.4 Å². The third-order valence-electron chi connectivity index (χ3n) is 5.39. The van der Waals surface area contributed by atoms with E-state index < -0.39 is 0 Å². The van der Waals surface area contributed by atoms with Gasteiger partial charge in [-0.15, -0.1) is 0 Å². The number of halogens is 1. The Bertz CT molecular complexity index is 1180. The largest absolute Gasteiger partial charge is 0.497 e. The number of aromatic nitrogens is 1. The maximum atomic E-state index is 12.5. The highest BCUT2D eigenvalue weighted by Crippen LogP contribution is 2.34. The number of amides is 2. The van der Waals surface area contributed by atoms with Crippen LogP contribution in [0.15, 0.2) is 54.7 Å². The first-order valence-corrected chi connectivity index (χ1v) is 11.0. The van der Waals surface area contributed by atoms with Crippen LogP contribution in [0.3, 0.4) is 0 Å². The smallest absolute Gasteiger partial charge is 0.266 e. The van der Waals surface area contributed by atoms with Crippen LogP contribution in [0.4, 0.5) is 5.82 Å². The van der Waals surface area contributed by atoms with Crippen molar-refractivity contribution in [2.75, 3.05) is 25.2 Å². The molecule has 0 saturated heterocycles. The van der Waals surface area contributed by atoms with Crippen molar-refractivity contribution in [3.8, 4) is 22.6 Å². The number of nitrogens with zero attached hydrogens (tertiary/aromatic N) is 2. The Morgan fingerprint density at radius 3 is 2.67 bits per heavy atom. The zero-order valence-electron chi connectivity index (χ0n) is 18.4. The molecule has 0 aliphatic carbocycles. The van der Waals surface area contributed by atoms with E-state index in [2.05, 4.69) is 17.2 Å². The molecule has 1 N–H and O–H groups in total. The van der Waals surface area contributed by atoms with Crippen LogP contribution in [0.5, 0.6) is 11.5 Å². The van der Waals surface area contributed by atoms with Crippen molar-refractivity contribution < 1.29 is 19.1 Å². The summed E-state index contributed by atoms with van der Waals surface area (Å²) in [6.45, 7) is 2.11. The quantitative estimate of drug-likeness (QED) is 0.570. The lowest BCUT2D eigenvalue weighted by Gasteiger charge is -2.28. The second-order valence-corrected chi connectivity index (χ2v) is 8.08. The van der Waals surface area contributed by atoms with E-state index in [0.717, 1.165) is 34.4 Å². The SMILES string of the molecule is CCc1cc(Cl)cc(-c2cnc3c(c2)OCC(=O)N3CC(=O)NCc2ccc(OC)cc2)c1. The summed E-state index contributed by atoms with van der Waals surface area (Å²) in [7, 11) is 1.60. The van der Waals surface area contributed by atoms with Gasteiger partial charge in [0.15, 0.2) is 18.2 Å². The molecule has 0 bridgehead atoms. The lowest BCUT2D eigenvalue weighted by molar-refractivity contribution is -0.125. The van der Waals surface area contributed by atoms with Crippen molar-refractivity contribution in [3.63, 3.8) is 0 Å². The lowest BCUT2D eigenvalue weighted by atomic mass is 10.0. The number of benzene rings is 2. The topological polar surface area (TPSA) is 80.8 Å². The molecule has 0 saturated carbocycles. The molecule has 8 heteroatoms. The van der Waals surface area contributed by atoms with Crippen LogP contribution in [0.1, 0.15) is 18.1 Å². The highest BCUT2D eigenvalue weighted by atomic mass is 35.5. The van der Waals surface area contributed by atoms with Crippen LogP contribution in [-0.2, 0) is 22.6 Å². The second kappa shape index (κ2) is 9.92. The van der Waals surface area contributed by atoms with Crippen molar-refractivity contribution in [3.05, 3.63) is 70.9 Å². The van der Waals surface area contributed by atoms with E-state index in [9.17, 15) is 9.59 Å². The minimum absolute atomic E-state index is 0.144. The fraction of sp³-hybridized carbons (Fsp3) is 0.240. The van der Waals surface area contributed by atoms with Crippen LogP contribution in [-0.4, -0.2) is 37.1 Å². The van der Waals surface area contributed by atoms with Crippen LogP contribution >= 0.6 is 11.6 Å². The predicted molar refractivity (Wildman–Crippen MR) is 127 cm³/mol. The van der Waals surface area contributed by atoms with Crippen LogP contribution in [0, 0.1) is 0 Å². The minimum Gasteiger partial charge on any atom is -0.497 e. The van der Waals surface area contributed by atoms with Crippen molar-refractivity contribution >= 4 is 29.2 Å². The van der Waals surface area contributed by atoms with E-state index in [1.165, 1.54) is 4.90 Å². The molecule has 2 aromatic carbocycles. The summed E-state index contributed by atoms with van der Waals surface area (Å²) in [6, 6.07) is 15.1. The summed E-state index contributed by atoms with van der Waals surface area (Å²) in [5.41, 5.74) is 3.78. The van der Waals surface area contributed by atoms with Gasteiger partial charge >= 0.3 is 0 Å². The molecule has 2 amide bonds. The Balaban J connectivity index is 1.48. The number of nitrogens with one attached hydrogen (secondary N) is 1. The zero-order valence-corrected chi connectivity index (χ0v) is 19.2. The van der Waals surface area contributed by atoms with Crippen molar-refractivity contribution in [2.24, 2.45) is 0 Å². The molecule has 0 spiro atoms. The molecular weight excluding hydrogens is 442 g/mol. The Morgan fingerprint density at radius 1 is 1.15 bits per heavy atom. The van der Waals surface area contributed by atoms with E-state index in [1.54, 1.807) is 13.3 Å². The lowest BCUT2D eigenvalue weighted by Crippen LogP contribution is -2.45. The molecule has 0 unspecified atom stereocenters. The maximum absolute atomic E-state index is 12.5. The predicted octanol–water partition coefficient (Wildman–Crippen LogP) is 4.01. The van der Waals surface area contributed by atoms with Gasteiger partial charge in [0, 0.05) is 23.3 Å². The van der Waals surface area contributed by atoms with Gasteiger partial charge in [-0.2, -0.15) is 0 Å². The zero-order chi connectivity index (χ0) is 23.4. The minimum atomic E-state index is -0.321. The fourth-order valence-electron chi connectivity index (χ4n) is 3.57. The summed E-state index contributed by atoms with van der Waals surface area (Å²) in [5, 5.41) is 3.48. The van der Waals surface area contributed by atoms with Gasteiger partial charge < -0.3 is 14.8 Å². The molecule has 2 heterocycles. The van der Waals surface area contributed by atoms with Gasteiger partial charge in [0.25, 0.3) is 5.91 Å². The molecule has 33 heavy (non-hydrogen) atoms. The first kappa shape index (κ1) is 22.6. The van der Waals surface area contributed by atoms with Crippen molar-refractivity contribution in [2.45, 2.75) is 19.9 Å². The van der Waals surface area contributed by atoms with Gasteiger partial charge in [0.05, 0.1) is 7.11 Å². The highest BCUT2D eigenvalue weighted by molar-refractivity contribution is 6.31. The number of pyridine rings is 1. The number of fused-ring (bicyclic) bond motifs is 1. The molecule has 4 rings (SSSR count). The van der Waals surface area contributed by atoms with Gasteiger partial charge in [-0.1, -0.05) is 36.7 Å². The van der Waals surface area contributed by atoms with E-state index in [4.69, 9.17) is 21.1 Å². The van der Waals surface area contributed by atoms with Gasteiger partial charge in [-0.3, -0.25) is 14.5 Å². The number of anilines is 1. The Hall–Kier alpha value is -3.58. The number of aryl methyl sites for hydroxylation is 1. The summed E-state index contributed by atoms with van der Waals surface area (Å²) in [5.74, 6) is 0.911. The number of ether oxygens (including phenoxy) is 2. The van der Waals surface area contributed by atoms with Gasteiger partial charge in [0.1, 0.15) is 12.3 Å². The highest BCUT2D eigenvalue weighted by Gasteiger charge is 2.29. The standard InChI is InChI=1S/C25H24ClN3O4/c1-3-16-8-18(10-20(26)9-16)19-11-22-25(28-13-19)29(24(31)15-33-22)14-23(30)27-12-17-4-6-21(32-2)7-5-17/h4-11,13H,3,12,14-15H2,1-2H3,(H,27,30). The summed E-state index contributed by atoms with van der Waals surface area (Å²) >= 11 is 6.26. The van der Waals surface area contributed by atoms with E-state index >= 15 is 0 Å². The maximum Gasteiger partial charge on any atom is 0.266 e. The number of carbonyl (C=O) groups excluding carboxylic acids is 2. The van der Waals surface area contributed by atoms with Crippen molar-refractivity contribution in [1.82, 2.24) is 10.3 Å². The number of rotatable bonds is 7. The molecule has 1 aliphatic rings. The number of hydrogen-bond donors (Lipinski definition) is 1. The van der Waals surface area contributed by atoms with E-state index in [-0.39, 0.29) is 25.0 Å². The summed E-state index contributed by atoms with van der Waals surface area (Å²) in [6.07, 6.45) is 2.52. The normalized spacial score (nSPS) is 12.7. The molecule has 1 aromatic heterocycles. The fourth-order valence-corrected chi connectivity index (χ4v) is 3.83. The molecule has 3 aromatic rings. The van der Waals surface area contributed by atoms with E-state index in [1.807, 2.05) is 48.5 Å². The molecule has 0 fully saturated rings.